The minimum Gasteiger partial charge on any atom is -0.382 e. The van der Waals surface area contributed by atoms with Crippen molar-refractivity contribution < 1.29 is 14.3 Å². The van der Waals surface area contributed by atoms with Crippen molar-refractivity contribution in [2.45, 2.75) is 57.1 Å². The number of aromatic nitrogens is 2. The van der Waals surface area contributed by atoms with E-state index in [1.807, 2.05) is 26.8 Å². The first kappa shape index (κ1) is 22.9. The van der Waals surface area contributed by atoms with E-state index in [4.69, 9.17) is 4.74 Å². The number of thioether (sulfide) groups is 1. The summed E-state index contributed by atoms with van der Waals surface area (Å²) < 4.78 is 6.94. The molecule has 3 amide bonds. The number of carbonyl (C=O) groups is 2. The zero-order valence-corrected chi connectivity index (χ0v) is 18.0. The number of hydrogen-bond acceptors (Lipinski definition) is 6. The first-order valence-electron chi connectivity index (χ1n) is 9.68. The van der Waals surface area contributed by atoms with Crippen LogP contribution >= 0.6 is 11.8 Å². The molecule has 0 saturated carbocycles. The molecule has 0 bridgehead atoms. The second-order valence-electron chi connectivity index (χ2n) is 6.80. The summed E-state index contributed by atoms with van der Waals surface area (Å²) in [6.07, 6.45) is 0.651. The van der Waals surface area contributed by atoms with Crippen LogP contribution in [0.3, 0.4) is 0 Å². The van der Waals surface area contributed by atoms with E-state index in [0.717, 1.165) is 11.8 Å². The molecule has 9 heteroatoms. The maximum Gasteiger partial charge on any atom is 0.321 e. The Balaban J connectivity index is 2.23. The van der Waals surface area contributed by atoms with Gasteiger partial charge in [0.2, 0.25) is 5.91 Å². The molecular weight excluding hydrogens is 392 g/mol. The van der Waals surface area contributed by atoms with Gasteiger partial charge >= 0.3 is 6.03 Å². The summed E-state index contributed by atoms with van der Waals surface area (Å²) in [7, 11) is 0. The van der Waals surface area contributed by atoms with Gasteiger partial charge in [-0.3, -0.25) is 19.5 Å². The minimum atomic E-state index is -0.612. The average Bonchev–Trinajstić information content (AvgIpc) is 2.66. The summed E-state index contributed by atoms with van der Waals surface area (Å²) in [5.41, 5.74) is 0.422. The largest absolute Gasteiger partial charge is 0.382 e. The van der Waals surface area contributed by atoms with Crippen LogP contribution in [0.4, 0.5) is 4.79 Å². The number of para-hydroxylation sites is 1. The first-order chi connectivity index (χ1) is 13.8. The predicted molar refractivity (Wildman–Crippen MR) is 114 cm³/mol. The molecular formula is C20H28N4O4S. The third-order valence-electron chi connectivity index (χ3n) is 4.01. The van der Waals surface area contributed by atoms with Gasteiger partial charge in [-0.05, 0) is 46.2 Å². The molecule has 0 aliphatic heterocycles. The van der Waals surface area contributed by atoms with E-state index in [1.165, 1.54) is 0 Å². The molecule has 1 aromatic heterocycles. The normalized spacial score (nSPS) is 12.2. The van der Waals surface area contributed by atoms with E-state index in [9.17, 15) is 14.4 Å². The van der Waals surface area contributed by atoms with Crippen LogP contribution in [-0.2, 0) is 16.1 Å². The second-order valence-corrected chi connectivity index (χ2v) is 8.10. The Kier molecular flexibility index (Phi) is 8.66. The fourth-order valence-electron chi connectivity index (χ4n) is 2.63. The summed E-state index contributed by atoms with van der Waals surface area (Å²) in [6, 6.07) is 6.50. The number of nitrogens with zero attached hydrogens (tertiary/aromatic N) is 2. The van der Waals surface area contributed by atoms with Gasteiger partial charge in [-0.1, -0.05) is 23.9 Å². The molecule has 2 aromatic rings. The van der Waals surface area contributed by atoms with Crippen LogP contribution in [0.25, 0.3) is 10.9 Å². The number of carbonyl (C=O) groups excluding carboxylic acids is 2. The van der Waals surface area contributed by atoms with Gasteiger partial charge in [0.15, 0.2) is 5.16 Å². The Bertz CT molecular complexity index is 913. The number of amides is 3. The van der Waals surface area contributed by atoms with Crippen LogP contribution < -0.4 is 16.2 Å². The molecule has 29 heavy (non-hydrogen) atoms. The van der Waals surface area contributed by atoms with Gasteiger partial charge in [-0.25, -0.2) is 9.78 Å². The zero-order chi connectivity index (χ0) is 21.4. The number of nitrogens with one attached hydrogen (secondary N) is 2. The maximum atomic E-state index is 13.0. The van der Waals surface area contributed by atoms with Gasteiger partial charge in [0, 0.05) is 25.8 Å². The third-order valence-corrected chi connectivity index (χ3v) is 5.10. The molecule has 0 fully saturated rings. The maximum absolute atomic E-state index is 13.0. The van der Waals surface area contributed by atoms with Gasteiger partial charge in [0.25, 0.3) is 5.56 Å². The number of ether oxygens (including phenoxy) is 1. The highest BCUT2D eigenvalue weighted by atomic mass is 32.2. The third kappa shape index (κ3) is 6.57. The topological polar surface area (TPSA) is 102 Å². The van der Waals surface area contributed by atoms with Crippen molar-refractivity contribution >= 4 is 34.6 Å². The minimum absolute atomic E-state index is 0.0802. The monoisotopic (exact) mass is 420 g/mol. The second kappa shape index (κ2) is 11.0. The molecule has 0 aliphatic rings. The fourth-order valence-corrected chi connectivity index (χ4v) is 3.56. The molecule has 1 heterocycles. The van der Waals surface area contributed by atoms with Gasteiger partial charge in [-0.15, -0.1) is 0 Å². The van der Waals surface area contributed by atoms with Crippen molar-refractivity contribution in [3.63, 3.8) is 0 Å². The lowest BCUT2D eigenvalue weighted by Gasteiger charge is -2.16. The summed E-state index contributed by atoms with van der Waals surface area (Å²) in [6.45, 7) is 8.79. The molecule has 8 nitrogen and oxygen atoms in total. The molecule has 2 N–H and O–H groups in total. The van der Waals surface area contributed by atoms with Crippen molar-refractivity contribution in [2.75, 3.05) is 13.2 Å². The standard InChI is InChI=1S/C20H28N4O4S/c1-5-28-12-8-11-24-18(26)15-9-6-7-10-16(15)22-20(24)29-14(4)17(25)23-19(27)21-13(2)3/h6-7,9-10,13-14H,5,8,11-12H2,1-4H3,(H2,21,23,25,27)/t14-/m0/s1. The van der Waals surface area contributed by atoms with Crippen LogP contribution in [0.1, 0.15) is 34.1 Å². The van der Waals surface area contributed by atoms with Crippen molar-refractivity contribution in [1.29, 1.82) is 0 Å². The van der Waals surface area contributed by atoms with E-state index in [1.54, 1.807) is 29.7 Å². The summed E-state index contributed by atoms with van der Waals surface area (Å²) >= 11 is 1.15. The number of fused-ring (bicyclic) bond motifs is 1. The van der Waals surface area contributed by atoms with E-state index >= 15 is 0 Å². The van der Waals surface area contributed by atoms with E-state index in [0.29, 0.717) is 42.2 Å². The van der Waals surface area contributed by atoms with Crippen LogP contribution in [0, 0.1) is 0 Å². The quantitative estimate of drug-likeness (QED) is 0.367. The van der Waals surface area contributed by atoms with E-state index < -0.39 is 17.2 Å². The highest BCUT2D eigenvalue weighted by Crippen LogP contribution is 2.23. The van der Waals surface area contributed by atoms with E-state index in [-0.39, 0.29) is 11.6 Å². The highest BCUT2D eigenvalue weighted by molar-refractivity contribution is 8.00. The van der Waals surface area contributed by atoms with E-state index in [2.05, 4.69) is 15.6 Å². The Morgan fingerprint density at radius 3 is 2.66 bits per heavy atom. The smallest absolute Gasteiger partial charge is 0.321 e. The summed E-state index contributed by atoms with van der Waals surface area (Å²) in [5, 5.41) is 5.29. The molecule has 1 atom stereocenters. The Hall–Kier alpha value is -2.39. The molecule has 1 aromatic carbocycles. The van der Waals surface area contributed by atoms with Crippen molar-refractivity contribution in [3.05, 3.63) is 34.6 Å². The number of hydrogen-bond donors (Lipinski definition) is 2. The van der Waals surface area contributed by atoms with Gasteiger partial charge in [-0.2, -0.15) is 0 Å². The Morgan fingerprint density at radius 2 is 1.97 bits per heavy atom. The van der Waals surface area contributed by atoms with Crippen molar-refractivity contribution in [3.8, 4) is 0 Å². The molecule has 0 unspecified atom stereocenters. The predicted octanol–water partition coefficient (Wildman–Crippen LogP) is 2.54. The Labute approximate surface area is 174 Å². The zero-order valence-electron chi connectivity index (χ0n) is 17.2. The van der Waals surface area contributed by atoms with Crippen LogP contribution in [0.2, 0.25) is 0 Å². The summed E-state index contributed by atoms with van der Waals surface area (Å²) in [4.78, 5) is 41.7. The lowest BCUT2D eigenvalue weighted by atomic mass is 10.2. The molecule has 0 saturated heterocycles. The van der Waals surface area contributed by atoms with Gasteiger partial charge < -0.3 is 10.1 Å². The first-order valence-corrected chi connectivity index (χ1v) is 10.6. The number of benzene rings is 1. The highest BCUT2D eigenvalue weighted by Gasteiger charge is 2.21. The average molecular weight is 421 g/mol. The number of imide groups is 1. The SMILES string of the molecule is CCOCCCn1c(S[C@@H](C)C(=O)NC(=O)NC(C)C)nc2ccccc2c1=O. The molecule has 0 radical (unpaired) electrons. The van der Waals surface area contributed by atoms with Crippen LogP contribution in [0.5, 0.6) is 0 Å². The van der Waals surface area contributed by atoms with Crippen molar-refractivity contribution in [2.24, 2.45) is 0 Å². The van der Waals surface area contributed by atoms with Crippen molar-refractivity contribution in [1.82, 2.24) is 20.2 Å². The fraction of sp³-hybridized carbons (Fsp3) is 0.500. The van der Waals surface area contributed by atoms with Gasteiger partial charge in [0.1, 0.15) is 0 Å². The molecule has 158 valence electrons. The Morgan fingerprint density at radius 1 is 1.24 bits per heavy atom. The lowest BCUT2D eigenvalue weighted by Crippen LogP contribution is -2.45. The molecule has 2 rings (SSSR count). The molecule has 0 aliphatic carbocycles. The van der Waals surface area contributed by atoms with Gasteiger partial charge in [0.05, 0.1) is 16.2 Å². The van der Waals surface area contributed by atoms with Crippen LogP contribution in [0.15, 0.2) is 34.2 Å². The van der Waals surface area contributed by atoms with Crippen LogP contribution in [-0.4, -0.2) is 46.0 Å². The summed E-state index contributed by atoms with van der Waals surface area (Å²) in [5.74, 6) is -0.448. The number of urea groups is 1. The molecule has 0 spiro atoms. The number of rotatable bonds is 9. The lowest BCUT2D eigenvalue weighted by molar-refractivity contribution is -0.119.